The van der Waals surface area contributed by atoms with Gasteiger partial charge in [0.2, 0.25) is 5.95 Å². The molecule has 25 heavy (non-hydrogen) atoms. The molecule has 0 atom stereocenters. The summed E-state index contributed by atoms with van der Waals surface area (Å²) in [4.78, 5) is 24.7. The SMILES string of the molecule is Cc1ccc(NC(=O)c2cnc(NCc3ccccn3)nc2)cc1Cl. The molecule has 3 rings (SSSR count). The molecule has 2 N–H and O–H groups in total. The van der Waals surface area contributed by atoms with Gasteiger partial charge in [-0.3, -0.25) is 9.78 Å². The van der Waals surface area contributed by atoms with Crippen molar-refractivity contribution in [2.75, 3.05) is 10.6 Å². The molecular weight excluding hydrogens is 338 g/mol. The molecule has 0 aliphatic heterocycles. The number of aryl methyl sites for hydroxylation is 1. The van der Waals surface area contributed by atoms with Gasteiger partial charge in [0.05, 0.1) is 17.8 Å². The molecule has 0 saturated carbocycles. The standard InChI is InChI=1S/C18H16ClN5O/c1-12-5-6-14(8-16(12)19)24-17(25)13-9-21-18(22-10-13)23-11-15-4-2-3-7-20-15/h2-10H,11H2,1H3,(H,24,25)(H,21,22,23). The highest BCUT2D eigenvalue weighted by molar-refractivity contribution is 6.31. The van der Waals surface area contributed by atoms with Crippen LogP contribution in [0.1, 0.15) is 21.6 Å². The summed E-state index contributed by atoms with van der Waals surface area (Å²) >= 11 is 6.06. The van der Waals surface area contributed by atoms with Crippen LogP contribution in [0.25, 0.3) is 0 Å². The molecule has 3 aromatic rings. The van der Waals surface area contributed by atoms with E-state index in [1.54, 1.807) is 18.3 Å². The molecule has 0 spiro atoms. The van der Waals surface area contributed by atoms with E-state index in [4.69, 9.17) is 11.6 Å². The van der Waals surface area contributed by atoms with E-state index < -0.39 is 0 Å². The van der Waals surface area contributed by atoms with Gasteiger partial charge in [-0.1, -0.05) is 23.7 Å². The summed E-state index contributed by atoms with van der Waals surface area (Å²) in [6.07, 6.45) is 4.67. The molecule has 0 saturated heterocycles. The zero-order valence-electron chi connectivity index (χ0n) is 13.5. The Morgan fingerprint density at radius 2 is 1.92 bits per heavy atom. The molecule has 0 aliphatic rings. The third kappa shape index (κ3) is 4.51. The first-order valence-corrected chi connectivity index (χ1v) is 8.03. The minimum Gasteiger partial charge on any atom is -0.349 e. The Kier molecular flexibility index (Phi) is 5.20. The summed E-state index contributed by atoms with van der Waals surface area (Å²) in [5, 5.41) is 6.43. The first-order valence-electron chi connectivity index (χ1n) is 7.65. The highest BCUT2D eigenvalue weighted by Crippen LogP contribution is 2.20. The van der Waals surface area contributed by atoms with Gasteiger partial charge in [-0.25, -0.2) is 9.97 Å². The van der Waals surface area contributed by atoms with Crippen LogP contribution >= 0.6 is 11.6 Å². The Hall–Kier alpha value is -2.99. The lowest BCUT2D eigenvalue weighted by molar-refractivity contribution is 0.102. The van der Waals surface area contributed by atoms with Crippen LogP contribution in [0.4, 0.5) is 11.6 Å². The number of halogens is 1. The zero-order valence-corrected chi connectivity index (χ0v) is 14.3. The average molecular weight is 354 g/mol. The normalized spacial score (nSPS) is 10.3. The van der Waals surface area contributed by atoms with Crippen molar-refractivity contribution in [2.24, 2.45) is 0 Å². The van der Waals surface area contributed by atoms with Crippen molar-refractivity contribution in [3.8, 4) is 0 Å². The van der Waals surface area contributed by atoms with E-state index in [1.165, 1.54) is 12.4 Å². The molecule has 2 heterocycles. The Morgan fingerprint density at radius 1 is 1.12 bits per heavy atom. The summed E-state index contributed by atoms with van der Waals surface area (Å²) in [6.45, 7) is 2.41. The Labute approximate surface area is 150 Å². The van der Waals surface area contributed by atoms with E-state index in [1.807, 2.05) is 31.2 Å². The van der Waals surface area contributed by atoms with Gasteiger partial charge in [-0.15, -0.1) is 0 Å². The van der Waals surface area contributed by atoms with Crippen molar-refractivity contribution in [3.63, 3.8) is 0 Å². The number of amides is 1. The Morgan fingerprint density at radius 3 is 2.60 bits per heavy atom. The van der Waals surface area contributed by atoms with Crippen molar-refractivity contribution < 1.29 is 4.79 Å². The number of hydrogen-bond acceptors (Lipinski definition) is 5. The molecule has 1 aromatic carbocycles. The van der Waals surface area contributed by atoms with E-state index in [2.05, 4.69) is 25.6 Å². The van der Waals surface area contributed by atoms with Crippen molar-refractivity contribution in [2.45, 2.75) is 13.5 Å². The number of nitrogens with zero attached hydrogens (tertiary/aromatic N) is 3. The maximum Gasteiger partial charge on any atom is 0.258 e. The van der Waals surface area contributed by atoms with Crippen LogP contribution in [0.15, 0.2) is 55.0 Å². The predicted octanol–water partition coefficient (Wildman–Crippen LogP) is 3.70. The summed E-state index contributed by atoms with van der Waals surface area (Å²) in [7, 11) is 0. The van der Waals surface area contributed by atoms with Crippen molar-refractivity contribution in [1.29, 1.82) is 0 Å². The third-order valence-electron chi connectivity index (χ3n) is 3.50. The van der Waals surface area contributed by atoms with E-state index in [9.17, 15) is 4.79 Å². The second kappa shape index (κ2) is 7.72. The van der Waals surface area contributed by atoms with Gasteiger partial charge in [0.25, 0.3) is 5.91 Å². The number of pyridine rings is 1. The third-order valence-corrected chi connectivity index (χ3v) is 3.90. The fraction of sp³-hybridized carbons (Fsp3) is 0.111. The number of anilines is 2. The zero-order chi connectivity index (χ0) is 17.6. The van der Waals surface area contributed by atoms with Crippen LogP contribution in [-0.2, 0) is 6.54 Å². The smallest absolute Gasteiger partial charge is 0.258 e. The number of carbonyl (C=O) groups excluding carboxylic acids is 1. The van der Waals surface area contributed by atoms with Crippen molar-refractivity contribution in [3.05, 3.63) is 76.8 Å². The molecule has 0 fully saturated rings. The van der Waals surface area contributed by atoms with Gasteiger partial charge >= 0.3 is 0 Å². The Bertz CT molecular complexity index is 868. The molecular formula is C18H16ClN5O. The van der Waals surface area contributed by atoms with Crippen molar-refractivity contribution in [1.82, 2.24) is 15.0 Å². The first-order chi connectivity index (χ1) is 12.1. The monoisotopic (exact) mass is 353 g/mol. The summed E-state index contributed by atoms with van der Waals surface area (Å²) in [5.74, 6) is 0.136. The topological polar surface area (TPSA) is 79.8 Å². The van der Waals surface area contributed by atoms with Crippen LogP contribution in [0.2, 0.25) is 5.02 Å². The number of hydrogen-bond donors (Lipinski definition) is 2. The molecule has 0 bridgehead atoms. The molecule has 0 radical (unpaired) electrons. The lowest BCUT2D eigenvalue weighted by Gasteiger charge is -2.07. The minimum absolute atomic E-state index is 0.295. The van der Waals surface area contributed by atoms with Crippen LogP contribution in [0.3, 0.4) is 0 Å². The number of rotatable bonds is 5. The fourth-order valence-electron chi connectivity index (χ4n) is 2.08. The highest BCUT2D eigenvalue weighted by Gasteiger charge is 2.08. The van der Waals surface area contributed by atoms with Crippen molar-refractivity contribution >= 4 is 29.1 Å². The number of aromatic nitrogens is 3. The molecule has 2 aromatic heterocycles. The van der Waals surface area contributed by atoms with Gasteiger partial charge in [0, 0.05) is 29.3 Å². The van der Waals surface area contributed by atoms with E-state index in [-0.39, 0.29) is 5.91 Å². The average Bonchev–Trinajstić information content (AvgIpc) is 2.64. The van der Waals surface area contributed by atoms with E-state index >= 15 is 0 Å². The van der Waals surface area contributed by atoms with Gasteiger partial charge in [-0.05, 0) is 36.8 Å². The lowest BCUT2D eigenvalue weighted by atomic mass is 10.2. The van der Waals surface area contributed by atoms with Crippen LogP contribution in [0.5, 0.6) is 0 Å². The van der Waals surface area contributed by atoms with Crippen LogP contribution in [-0.4, -0.2) is 20.9 Å². The maximum atomic E-state index is 12.2. The highest BCUT2D eigenvalue weighted by atomic mass is 35.5. The number of benzene rings is 1. The van der Waals surface area contributed by atoms with Gasteiger partial charge in [0.15, 0.2) is 0 Å². The van der Waals surface area contributed by atoms with Gasteiger partial charge in [-0.2, -0.15) is 0 Å². The molecule has 7 heteroatoms. The first kappa shape index (κ1) is 16.9. The van der Waals surface area contributed by atoms with Crippen LogP contribution in [0, 0.1) is 6.92 Å². The van der Waals surface area contributed by atoms with E-state index in [0.717, 1.165) is 11.3 Å². The largest absolute Gasteiger partial charge is 0.349 e. The number of nitrogens with one attached hydrogen (secondary N) is 2. The summed E-state index contributed by atoms with van der Waals surface area (Å²) < 4.78 is 0. The minimum atomic E-state index is -0.295. The number of carbonyl (C=O) groups is 1. The lowest BCUT2D eigenvalue weighted by Crippen LogP contribution is -2.13. The molecule has 1 amide bonds. The summed E-state index contributed by atoms with van der Waals surface area (Å²) in [5.41, 5.74) is 2.81. The second-order valence-electron chi connectivity index (χ2n) is 5.39. The van der Waals surface area contributed by atoms with Gasteiger partial charge in [0.1, 0.15) is 0 Å². The Balaban J connectivity index is 1.61. The molecule has 0 unspecified atom stereocenters. The second-order valence-corrected chi connectivity index (χ2v) is 5.80. The van der Waals surface area contributed by atoms with Gasteiger partial charge < -0.3 is 10.6 Å². The maximum absolute atomic E-state index is 12.2. The molecule has 0 aliphatic carbocycles. The fourth-order valence-corrected chi connectivity index (χ4v) is 2.26. The summed E-state index contributed by atoms with van der Waals surface area (Å²) in [6, 6.07) is 11.0. The van der Waals surface area contributed by atoms with Crippen LogP contribution < -0.4 is 10.6 Å². The molecule has 6 nitrogen and oxygen atoms in total. The van der Waals surface area contributed by atoms with E-state index in [0.29, 0.717) is 28.8 Å². The molecule has 126 valence electrons. The quantitative estimate of drug-likeness (QED) is 0.731. The predicted molar refractivity (Wildman–Crippen MR) is 97.7 cm³/mol.